The molecule has 0 aliphatic rings. The van der Waals surface area contributed by atoms with Gasteiger partial charge in [0.05, 0.1) is 0 Å². The van der Waals surface area contributed by atoms with E-state index in [1.165, 1.54) is 12.1 Å². The molecule has 0 aliphatic heterocycles. The number of terminal acetylenes is 1. The van der Waals surface area contributed by atoms with Gasteiger partial charge in [0.1, 0.15) is 17.4 Å². The summed E-state index contributed by atoms with van der Waals surface area (Å²) in [6, 6.07) is 6.07. The minimum atomic E-state index is -4.81. The third-order valence-corrected chi connectivity index (χ3v) is 2.59. The van der Waals surface area contributed by atoms with Gasteiger partial charge in [-0.2, -0.15) is 0 Å². The molecule has 2 rings (SSSR count). The number of alkyl halides is 3. The topological polar surface area (TPSA) is 9.23 Å². The minimum absolute atomic E-state index is 0.0306. The first-order chi connectivity index (χ1) is 9.80. The smallest absolute Gasteiger partial charge is 0.406 e. The van der Waals surface area contributed by atoms with Crippen molar-refractivity contribution < 1.29 is 26.7 Å². The lowest BCUT2D eigenvalue weighted by Crippen LogP contribution is -2.16. The number of hydrogen-bond donors (Lipinski definition) is 0. The maximum Gasteiger partial charge on any atom is 0.573 e. The fourth-order valence-electron chi connectivity index (χ4n) is 1.80. The molecule has 0 saturated heterocycles. The Hall–Kier alpha value is -2.55. The van der Waals surface area contributed by atoms with Crippen molar-refractivity contribution in [1.82, 2.24) is 0 Å². The first-order valence-corrected chi connectivity index (χ1v) is 5.62. The fraction of sp³-hybridized carbons (Fsp3) is 0.0667. The SMILES string of the molecule is C#Cc1cc(F)cc(F)c1-c1ccc(OC(F)(F)F)cc1. The molecule has 0 saturated carbocycles. The second kappa shape index (κ2) is 5.44. The molecular weight excluding hydrogens is 291 g/mol. The van der Waals surface area contributed by atoms with Crippen LogP contribution in [-0.2, 0) is 0 Å². The number of benzene rings is 2. The van der Waals surface area contributed by atoms with Crippen molar-refractivity contribution in [2.24, 2.45) is 0 Å². The molecule has 0 aliphatic carbocycles. The minimum Gasteiger partial charge on any atom is -0.406 e. The van der Waals surface area contributed by atoms with E-state index in [-0.39, 0.29) is 16.7 Å². The molecule has 21 heavy (non-hydrogen) atoms. The maximum atomic E-state index is 13.8. The van der Waals surface area contributed by atoms with Crippen LogP contribution in [0.5, 0.6) is 5.75 Å². The van der Waals surface area contributed by atoms with Crippen LogP contribution in [0.4, 0.5) is 22.0 Å². The Balaban J connectivity index is 2.43. The molecule has 2 aromatic rings. The molecule has 0 fully saturated rings. The Morgan fingerprint density at radius 2 is 1.62 bits per heavy atom. The summed E-state index contributed by atoms with van der Waals surface area (Å²) in [5.41, 5.74) is 0.129. The van der Waals surface area contributed by atoms with E-state index in [9.17, 15) is 22.0 Å². The van der Waals surface area contributed by atoms with Gasteiger partial charge in [0.2, 0.25) is 0 Å². The van der Waals surface area contributed by atoms with Gasteiger partial charge >= 0.3 is 6.36 Å². The molecule has 6 heteroatoms. The first-order valence-electron chi connectivity index (χ1n) is 5.62. The Kier molecular flexibility index (Phi) is 3.85. The van der Waals surface area contributed by atoms with Crippen LogP contribution >= 0.6 is 0 Å². The number of rotatable bonds is 2. The summed E-state index contributed by atoms with van der Waals surface area (Å²) in [5.74, 6) is -0.0389. The standard InChI is InChI=1S/C15H7F5O/c1-2-9-7-11(16)8-13(17)14(9)10-3-5-12(6-4-10)21-15(18,19)20/h1,3-8H. The Morgan fingerprint density at radius 1 is 1.00 bits per heavy atom. The van der Waals surface area contributed by atoms with E-state index < -0.39 is 23.7 Å². The van der Waals surface area contributed by atoms with Gasteiger partial charge in [-0.05, 0) is 23.8 Å². The first kappa shape index (κ1) is 14.9. The molecule has 0 spiro atoms. The molecule has 0 unspecified atom stereocenters. The van der Waals surface area contributed by atoms with Crippen LogP contribution in [-0.4, -0.2) is 6.36 Å². The summed E-state index contributed by atoms with van der Waals surface area (Å²) in [7, 11) is 0. The number of hydrogen-bond acceptors (Lipinski definition) is 1. The summed E-state index contributed by atoms with van der Waals surface area (Å²) in [6.45, 7) is 0. The van der Waals surface area contributed by atoms with Gasteiger partial charge in [-0.15, -0.1) is 19.6 Å². The highest BCUT2D eigenvalue weighted by Crippen LogP contribution is 2.30. The van der Waals surface area contributed by atoms with E-state index >= 15 is 0 Å². The third-order valence-electron chi connectivity index (χ3n) is 2.59. The highest BCUT2D eigenvalue weighted by molar-refractivity contribution is 5.72. The summed E-state index contributed by atoms with van der Waals surface area (Å²) >= 11 is 0. The summed E-state index contributed by atoms with van der Waals surface area (Å²) in [5, 5.41) is 0. The van der Waals surface area contributed by atoms with Crippen molar-refractivity contribution in [3.05, 3.63) is 53.6 Å². The highest BCUT2D eigenvalue weighted by Gasteiger charge is 2.31. The van der Waals surface area contributed by atoms with E-state index in [2.05, 4.69) is 10.7 Å². The third kappa shape index (κ3) is 3.51. The molecule has 108 valence electrons. The van der Waals surface area contributed by atoms with Crippen molar-refractivity contribution >= 4 is 0 Å². The van der Waals surface area contributed by atoms with Gasteiger partial charge in [0, 0.05) is 17.2 Å². The summed E-state index contributed by atoms with van der Waals surface area (Å²) in [6.07, 6.45) is 0.369. The van der Waals surface area contributed by atoms with Crippen molar-refractivity contribution in [3.8, 4) is 29.2 Å². The highest BCUT2D eigenvalue weighted by atomic mass is 19.4. The van der Waals surface area contributed by atoms with Gasteiger partial charge in [0.25, 0.3) is 0 Å². The molecule has 0 bridgehead atoms. The van der Waals surface area contributed by atoms with Crippen LogP contribution < -0.4 is 4.74 Å². The van der Waals surface area contributed by atoms with Gasteiger partial charge in [-0.25, -0.2) is 8.78 Å². The number of ether oxygens (including phenoxy) is 1. The van der Waals surface area contributed by atoms with E-state index in [4.69, 9.17) is 6.42 Å². The lowest BCUT2D eigenvalue weighted by molar-refractivity contribution is -0.274. The van der Waals surface area contributed by atoms with Crippen LogP contribution in [0.1, 0.15) is 5.56 Å². The van der Waals surface area contributed by atoms with Gasteiger partial charge in [0.15, 0.2) is 0 Å². The Bertz CT molecular complexity index is 696. The Labute approximate surface area is 117 Å². The van der Waals surface area contributed by atoms with Crippen molar-refractivity contribution in [2.75, 3.05) is 0 Å². The lowest BCUT2D eigenvalue weighted by atomic mass is 9.99. The molecular formula is C15H7F5O. The van der Waals surface area contributed by atoms with E-state index in [1.807, 2.05) is 0 Å². The maximum absolute atomic E-state index is 13.8. The van der Waals surface area contributed by atoms with Crippen LogP contribution in [0.15, 0.2) is 36.4 Å². The number of halogens is 5. The Morgan fingerprint density at radius 3 is 2.14 bits per heavy atom. The molecule has 0 atom stereocenters. The predicted molar refractivity (Wildman–Crippen MR) is 66.4 cm³/mol. The molecule has 0 N–H and O–H groups in total. The second-order valence-electron chi connectivity index (χ2n) is 4.03. The molecule has 0 amide bonds. The van der Waals surface area contributed by atoms with Crippen molar-refractivity contribution in [2.45, 2.75) is 6.36 Å². The molecule has 0 aromatic heterocycles. The monoisotopic (exact) mass is 298 g/mol. The summed E-state index contributed by atoms with van der Waals surface area (Å²) in [4.78, 5) is 0. The van der Waals surface area contributed by atoms with Crippen molar-refractivity contribution in [3.63, 3.8) is 0 Å². The zero-order chi connectivity index (χ0) is 15.6. The van der Waals surface area contributed by atoms with Gasteiger partial charge in [-0.3, -0.25) is 0 Å². The van der Waals surface area contributed by atoms with Crippen LogP contribution in [0.2, 0.25) is 0 Å². The average Bonchev–Trinajstić information content (AvgIpc) is 2.37. The van der Waals surface area contributed by atoms with Crippen molar-refractivity contribution in [1.29, 1.82) is 0 Å². The normalized spacial score (nSPS) is 11.0. The van der Waals surface area contributed by atoms with E-state index in [0.29, 0.717) is 6.07 Å². The van der Waals surface area contributed by atoms with Crippen LogP contribution in [0.3, 0.4) is 0 Å². The predicted octanol–water partition coefficient (Wildman–Crippen LogP) is 4.51. The van der Waals surface area contributed by atoms with E-state index in [1.54, 1.807) is 0 Å². The largest absolute Gasteiger partial charge is 0.573 e. The molecule has 0 radical (unpaired) electrons. The average molecular weight is 298 g/mol. The zero-order valence-corrected chi connectivity index (χ0v) is 10.3. The fourth-order valence-corrected chi connectivity index (χ4v) is 1.80. The molecule has 2 aromatic carbocycles. The molecule has 0 heterocycles. The van der Waals surface area contributed by atoms with Crippen LogP contribution in [0.25, 0.3) is 11.1 Å². The molecule has 1 nitrogen and oxygen atoms in total. The van der Waals surface area contributed by atoms with Gasteiger partial charge < -0.3 is 4.74 Å². The van der Waals surface area contributed by atoms with Crippen LogP contribution in [0, 0.1) is 24.0 Å². The lowest BCUT2D eigenvalue weighted by Gasteiger charge is -2.11. The summed E-state index contributed by atoms with van der Waals surface area (Å²) < 4.78 is 66.7. The zero-order valence-electron chi connectivity index (χ0n) is 10.3. The second-order valence-corrected chi connectivity index (χ2v) is 4.03. The quantitative estimate of drug-likeness (QED) is 0.585. The van der Waals surface area contributed by atoms with Gasteiger partial charge in [-0.1, -0.05) is 18.1 Å². The van der Waals surface area contributed by atoms with E-state index in [0.717, 1.165) is 18.2 Å².